The molecule has 102 valence electrons. The third-order valence-electron chi connectivity index (χ3n) is 4.69. The van der Waals surface area contributed by atoms with E-state index in [-0.39, 0.29) is 0 Å². The highest BCUT2D eigenvalue weighted by Gasteiger charge is 2.28. The van der Waals surface area contributed by atoms with Crippen LogP contribution in [0.5, 0.6) is 5.75 Å². The summed E-state index contributed by atoms with van der Waals surface area (Å²) in [5.41, 5.74) is 4.79. The van der Waals surface area contributed by atoms with E-state index in [1.165, 1.54) is 44.2 Å². The predicted molar refractivity (Wildman–Crippen MR) is 78.3 cm³/mol. The lowest BCUT2D eigenvalue weighted by molar-refractivity contribution is 0.242. The van der Waals surface area contributed by atoms with Crippen LogP contribution < -0.4 is 0 Å². The molecule has 0 aromatic heterocycles. The summed E-state index contributed by atoms with van der Waals surface area (Å²) >= 11 is 0. The van der Waals surface area contributed by atoms with Gasteiger partial charge in [-0.3, -0.25) is 4.90 Å². The highest BCUT2D eigenvalue weighted by molar-refractivity contribution is 5.31. The summed E-state index contributed by atoms with van der Waals surface area (Å²) in [5.74, 6) is 0.360. The minimum absolute atomic E-state index is 0.360. The number of phenolic OH excluding ortho intramolecular Hbond substituents is 1. The number of hydrogen-bond donors (Lipinski definition) is 1. The minimum Gasteiger partial charge on any atom is -0.508 e. The molecule has 0 bridgehead atoms. The number of likely N-dealkylation sites (N-methyl/N-ethyl adjacent to an activating group) is 1. The van der Waals surface area contributed by atoms with E-state index in [9.17, 15) is 5.11 Å². The van der Waals surface area contributed by atoms with Gasteiger partial charge in [-0.15, -0.1) is 0 Å². The van der Waals surface area contributed by atoms with Crippen molar-refractivity contribution >= 4 is 0 Å². The summed E-state index contributed by atoms with van der Waals surface area (Å²) in [6.07, 6.45) is 7.72. The van der Waals surface area contributed by atoms with E-state index in [4.69, 9.17) is 0 Å². The van der Waals surface area contributed by atoms with E-state index in [0.29, 0.717) is 11.8 Å². The molecule has 0 amide bonds. The molecule has 0 fully saturated rings. The Kier molecular flexibility index (Phi) is 3.61. The molecule has 0 saturated heterocycles. The van der Waals surface area contributed by atoms with Crippen LogP contribution in [0.25, 0.3) is 0 Å². The average Bonchev–Trinajstić information content (AvgIpc) is 2.44. The maximum atomic E-state index is 9.38. The molecule has 2 aliphatic rings. The van der Waals surface area contributed by atoms with Gasteiger partial charge >= 0.3 is 0 Å². The second-order valence-electron chi connectivity index (χ2n) is 5.95. The lowest BCUT2D eigenvalue weighted by Gasteiger charge is -2.39. The number of benzene rings is 1. The molecule has 2 heteroatoms. The van der Waals surface area contributed by atoms with Gasteiger partial charge in [-0.05, 0) is 63.3 Å². The van der Waals surface area contributed by atoms with Gasteiger partial charge in [0.1, 0.15) is 5.75 Å². The molecular formula is C17H23NO. The van der Waals surface area contributed by atoms with E-state index >= 15 is 0 Å². The Morgan fingerprint density at radius 3 is 2.63 bits per heavy atom. The Labute approximate surface area is 115 Å². The molecule has 0 unspecified atom stereocenters. The van der Waals surface area contributed by atoms with Crippen molar-refractivity contribution in [2.75, 3.05) is 13.6 Å². The van der Waals surface area contributed by atoms with Gasteiger partial charge in [-0.2, -0.15) is 0 Å². The predicted octanol–water partition coefficient (Wildman–Crippen LogP) is 3.51. The van der Waals surface area contributed by atoms with Crippen LogP contribution in [0.4, 0.5) is 0 Å². The molecule has 0 radical (unpaired) electrons. The number of hydrogen-bond acceptors (Lipinski definition) is 2. The van der Waals surface area contributed by atoms with Crippen molar-refractivity contribution in [3.8, 4) is 5.75 Å². The largest absolute Gasteiger partial charge is 0.508 e. The standard InChI is InChI=1S/C17H23NO/c1-18-11-10-14-4-2-3-5-16(14)17(18)12-13-6-8-15(19)9-7-13/h6-9,17,19H,2-5,10-12H2,1H3/t17-/m1/s1. The van der Waals surface area contributed by atoms with Crippen molar-refractivity contribution in [1.82, 2.24) is 4.90 Å². The third-order valence-corrected chi connectivity index (χ3v) is 4.69. The van der Waals surface area contributed by atoms with Crippen molar-refractivity contribution in [1.29, 1.82) is 0 Å². The van der Waals surface area contributed by atoms with Crippen LogP contribution in [0, 0.1) is 0 Å². The molecule has 1 atom stereocenters. The maximum absolute atomic E-state index is 9.38. The Morgan fingerprint density at radius 2 is 1.84 bits per heavy atom. The van der Waals surface area contributed by atoms with E-state index < -0.39 is 0 Å². The Bertz CT molecular complexity index is 475. The van der Waals surface area contributed by atoms with Gasteiger partial charge < -0.3 is 5.11 Å². The lowest BCUT2D eigenvalue weighted by Crippen LogP contribution is -2.40. The minimum atomic E-state index is 0.360. The summed E-state index contributed by atoms with van der Waals surface area (Å²) in [7, 11) is 2.25. The SMILES string of the molecule is CN1CCC2=C(CCCC2)[C@H]1Cc1ccc(O)cc1. The van der Waals surface area contributed by atoms with Crippen molar-refractivity contribution in [3.63, 3.8) is 0 Å². The summed E-state index contributed by atoms with van der Waals surface area (Å²) in [4.78, 5) is 2.51. The summed E-state index contributed by atoms with van der Waals surface area (Å²) < 4.78 is 0. The Balaban J connectivity index is 1.82. The first kappa shape index (κ1) is 12.7. The van der Waals surface area contributed by atoms with Crippen LogP contribution >= 0.6 is 0 Å². The first-order valence-corrected chi connectivity index (χ1v) is 7.43. The fourth-order valence-corrected chi connectivity index (χ4v) is 3.55. The summed E-state index contributed by atoms with van der Waals surface area (Å²) in [5, 5.41) is 9.38. The van der Waals surface area contributed by atoms with Gasteiger partial charge in [0.05, 0.1) is 0 Å². The second kappa shape index (κ2) is 5.38. The van der Waals surface area contributed by atoms with Gasteiger partial charge in [0.25, 0.3) is 0 Å². The number of rotatable bonds is 2. The first-order valence-electron chi connectivity index (χ1n) is 7.43. The molecule has 1 aromatic rings. The molecular weight excluding hydrogens is 234 g/mol. The molecule has 1 aromatic carbocycles. The molecule has 3 rings (SSSR count). The fourth-order valence-electron chi connectivity index (χ4n) is 3.55. The summed E-state index contributed by atoms with van der Waals surface area (Å²) in [6, 6.07) is 8.29. The number of aromatic hydroxyl groups is 1. The smallest absolute Gasteiger partial charge is 0.115 e. The van der Waals surface area contributed by atoms with Crippen molar-refractivity contribution in [2.45, 2.75) is 44.6 Å². The van der Waals surface area contributed by atoms with Gasteiger partial charge in [0.15, 0.2) is 0 Å². The molecule has 19 heavy (non-hydrogen) atoms. The van der Waals surface area contributed by atoms with E-state index in [2.05, 4.69) is 24.1 Å². The van der Waals surface area contributed by atoms with Crippen LogP contribution in [0.2, 0.25) is 0 Å². The highest BCUT2D eigenvalue weighted by Crippen LogP contribution is 2.35. The van der Waals surface area contributed by atoms with Gasteiger partial charge in [-0.25, -0.2) is 0 Å². The monoisotopic (exact) mass is 257 g/mol. The van der Waals surface area contributed by atoms with Gasteiger partial charge in [0.2, 0.25) is 0 Å². The van der Waals surface area contributed by atoms with Crippen molar-refractivity contribution in [3.05, 3.63) is 41.0 Å². The van der Waals surface area contributed by atoms with E-state index in [0.717, 1.165) is 6.42 Å². The second-order valence-corrected chi connectivity index (χ2v) is 5.95. The van der Waals surface area contributed by atoms with Crippen LogP contribution in [-0.2, 0) is 6.42 Å². The third kappa shape index (κ3) is 2.69. The first-order chi connectivity index (χ1) is 9.24. The summed E-state index contributed by atoms with van der Waals surface area (Å²) in [6.45, 7) is 1.20. The van der Waals surface area contributed by atoms with E-state index in [1.807, 2.05) is 0 Å². The van der Waals surface area contributed by atoms with E-state index in [1.54, 1.807) is 23.3 Å². The van der Waals surface area contributed by atoms with Gasteiger partial charge in [0, 0.05) is 12.6 Å². The zero-order valence-corrected chi connectivity index (χ0v) is 11.7. The van der Waals surface area contributed by atoms with Crippen LogP contribution in [0.15, 0.2) is 35.4 Å². The molecule has 1 N–H and O–H groups in total. The Hall–Kier alpha value is -1.28. The van der Waals surface area contributed by atoms with Crippen LogP contribution in [0.1, 0.15) is 37.7 Å². The topological polar surface area (TPSA) is 23.5 Å². The molecule has 2 nitrogen and oxygen atoms in total. The molecule has 0 saturated carbocycles. The van der Waals surface area contributed by atoms with Crippen LogP contribution in [0.3, 0.4) is 0 Å². The average molecular weight is 257 g/mol. The molecule has 1 heterocycles. The molecule has 1 aliphatic heterocycles. The molecule has 0 spiro atoms. The highest BCUT2D eigenvalue weighted by atomic mass is 16.3. The lowest BCUT2D eigenvalue weighted by atomic mass is 9.81. The zero-order valence-electron chi connectivity index (χ0n) is 11.7. The quantitative estimate of drug-likeness (QED) is 0.820. The zero-order chi connectivity index (χ0) is 13.2. The number of nitrogens with zero attached hydrogens (tertiary/aromatic N) is 1. The van der Waals surface area contributed by atoms with Crippen molar-refractivity contribution < 1.29 is 5.11 Å². The maximum Gasteiger partial charge on any atom is 0.115 e. The van der Waals surface area contributed by atoms with Crippen LogP contribution in [-0.4, -0.2) is 29.6 Å². The van der Waals surface area contributed by atoms with Crippen molar-refractivity contribution in [2.24, 2.45) is 0 Å². The Morgan fingerprint density at radius 1 is 1.11 bits per heavy atom. The van der Waals surface area contributed by atoms with Gasteiger partial charge in [-0.1, -0.05) is 23.3 Å². The normalized spacial score (nSPS) is 24.4. The number of phenols is 1. The fraction of sp³-hybridized carbons (Fsp3) is 0.529. The molecule has 1 aliphatic carbocycles.